The maximum absolute atomic E-state index is 13.5. The van der Waals surface area contributed by atoms with Crippen molar-refractivity contribution in [2.75, 3.05) is 5.32 Å². The van der Waals surface area contributed by atoms with Crippen LogP contribution in [0.25, 0.3) is 16.9 Å². The molecule has 4 rings (SSSR count). The zero-order valence-corrected chi connectivity index (χ0v) is 15.2. The predicted molar refractivity (Wildman–Crippen MR) is 99.3 cm³/mol. The Kier molecular flexibility index (Phi) is 4.62. The van der Waals surface area contributed by atoms with E-state index in [1.54, 1.807) is 31.2 Å². The van der Waals surface area contributed by atoms with Crippen LogP contribution in [0.2, 0.25) is 0 Å². The summed E-state index contributed by atoms with van der Waals surface area (Å²) >= 11 is 1.25. The zero-order valence-electron chi connectivity index (χ0n) is 14.4. The molecule has 28 heavy (non-hydrogen) atoms. The summed E-state index contributed by atoms with van der Waals surface area (Å²) in [6.07, 6.45) is 1.43. The van der Waals surface area contributed by atoms with Gasteiger partial charge in [-0.2, -0.15) is 0 Å². The van der Waals surface area contributed by atoms with Crippen LogP contribution in [0.5, 0.6) is 0 Å². The Morgan fingerprint density at radius 1 is 1.14 bits per heavy atom. The minimum absolute atomic E-state index is 0.357. The van der Waals surface area contributed by atoms with Gasteiger partial charge in [0.1, 0.15) is 6.33 Å². The second kappa shape index (κ2) is 7.24. The van der Waals surface area contributed by atoms with Gasteiger partial charge in [-0.05, 0) is 53.7 Å². The number of hydrogen-bond donors (Lipinski definition) is 1. The summed E-state index contributed by atoms with van der Waals surface area (Å²) in [5.41, 5.74) is 1.96. The van der Waals surface area contributed by atoms with Gasteiger partial charge in [-0.1, -0.05) is 6.07 Å². The number of rotatable bonds is 4. The van der Waals surface area contributed by atoms with E-state index in [2.05, 4.69) is 25.8 Å². The summed E-state index contributed by atoms with van der Waals surface area (Å²) in [6.45, 7) is 1.79. The van der Waals surface area contributed by atoms with Crippen molar-refractivity contribution in [1.82, 2.24) is 25.2 Å². The molecular weight excluding hydrogens is 386 g/mol. The number of aryl methyl sites for hydroxylation is 1. The van der Waals surface area contributed by atoms with E-state index in [4.69, 9.17) is 0 Å². The van der Waals surface area contributed by atoms with Crippen LogP contribution in [0.4, 0.5) is 13.9 Å². The topological polar surface area (TPSA) is 85.6 Å². The van der Waals surface area contributed by atoms with Crippen LogP contribution in [0.1, 0.15) is 15.2 Å². The molecule has 4 aromatic rings. The first-order chi connectivity index (χ1) is 13.5. The molecule has 0 saturated heterocycles. The summed E-state index contributed by atoms with van der Waals surface area (Å²) < 4.78 is 28.1. The average molecular weight is 398 g/mol. The molecule has 140 valence electrons. The van der Waals surface area contributed by atoms with Gasteiger partial charge in [0.2, 0.25) is 0 Å². The Bertz CT molecular complexity index is 1160. The molecule has 2 heterocycles. The Morgan fingerprint density at radius 2 is 2.00 bits per heavy atom. The summed E-state index contributed by atoms with van der Waals surface area (Å²) in [4.78, 5) is 17.7. The van der Waals surface area contributed by atoms with Crippen LogP contribution < -0.4 is 5.32 Å². The predicted octanol–water partition coefficient (Wildman–Crippen LogP) is 3.62. The second-order valence-corrected chi connectivity index (χ2v) is 7.01. The van der Waals surface area contributed by atoms with Gasteiger partial charge in [-0.15, -0.1) is 16.4 Å². The van der Waals surface area contributed by atoms with Crippen LogP contribution >= 0.6 is 11.3 Å². The molecule has 1 N–H and O–H groups in total. The maximum atomic E-state index is 13.5. The number of anilines is 1. The van der Waals surface area contributed by atoms with Crippen molar-refractivity contribution in [3.05, 3.63) is 70.9 Å². The minimum atomic E-state index is -0.949. The van der Waals surface area contributed by atoms with Gasteiger partial charge in [-0.3, -0.25) is 10.1 Å². The molecule has 0 spiro atoms. The number of carbonyl (C=O) groups excluding carboxylic acids is 1. The molecule has 7 nitrogen and oxygen atoms in total. The van der Waals surface area contributed by atoms with Gasteiger partial charge in [0.15, 0.2) is 16.8 Å². The van der Waals surface area contributed by atoms with Crippen molar-refractivity contribution in [3.63, 3.8) is 0 Å². The quantitative estimate of drug-likeness (QED) is 0.567. The van der Waals surface area contributed by atoms with Gasteiger partial charge >= 0.3 is 0 Å². The fraction of sp³-hybridized carbons (Fsp3) is 0.0556. The Balaban J connectivity index is 1.57. The summed E-state index contributed by atoms with van der Waals surface area (Å²) in [5, 5.41) is 14.0. The maximum Gasteiger partial charge on any atom is 0.257 e. The third-order valence-corrected chi connectivity index (χ3v) is 4.82. The van der Waals surface area contributed by atoms with Crippen LogP contribution in [-0.4, -0.2) is 31.1 Å². The minimum Gasteiger partial charge on any atom is -0.298 e. The fourth-order valence-electron chi connectivity index (χ4n) is 2.60. The number of nitrogens with zero attached hydrogens (tertiary/aromatic N) is 5. The number of nitrogens with one attached hydrogen (secondary N) is 1. The first-order valence-electron chi connectivity index (χ1n) is 8.09. The SMILES string of the molecule is Cc1sc(NC(=O)c2cccc(-n3cnnn3)c2)nc1-c1ccc(F)c(F)c1. The molecule has 0 saturated carbocycles. The van der Waals surface area contributed by atoms with Crippen LogP contribution in [-0.2, 0) is 0 Å². The van der Waals surface area contributed by atoms with Crippen molar-refractivity contribution in [2.45, 2.75) is 6.92 Å². The molecule has 0 fully saturated rings. The van der Waals surface area contributed by atoms with Crippen molar-refractivity contribution < 1.29 is 13.6 Å². The van der Waals surface area contributed by atoms with E-state index < -0.39 is 11.6 Å². The van der Waals surface area contributed by atoms with Crippen LogP contribution in [0, 0.1) is 18.6 Å². The standard InChI is InChI=1S/C18H12F2N6OS/c1-10-16(11-5-6-14(19)15(20)8-11)22-18(28-10)23-17(27)12-3-2-4-13(7-12)26-9-21-24-25-26/h2-9H,1H3,(H,22,23,27). The highest BCUT2D eigenvalue weighted by Crippen LogP contribution is 2.31. The number of hydrogen-bond acceptors (Lipinski definition) is 6. The third-order valence-electron chi connectivity index (χ3n) is 3.93. The molecule has 2 aromatic carbocycles. The normalized spacial score (nSPS) is 10.8. The lowest BCUT2D eigenvalue weighted by molar-refractivity contribution is 0.102. The molecule has 0 bridgehead atoms. The lowest BCUT2D eigenvalue weighted by Crippen LogP contribution is -2.12. The van der Waals surface area contributed by atoms with E-state index in [0.29, 0.717) is 27.6 Å². The van der Waals surface area contributed by atoms with Crippen molar-refractivity contribution >= 4 is 22.4 Å². The number of amides is 1. The summed E-state index contributed by atoms with van der Waals surface area (Å²) in [6, 6.07) is 10.3. The first-order valence-corrected chi connectivity index (χ1v) is 8.90. The van der Waals surface area contributed by atoms with E-state index in [0.717, 1.165) is 17.0 Å². The summed E-state index contributed by atoms with van der Waals surface area (Å²) in [7, 11) is 0. The largest absolute Gasteiger partial charge is 0.298 e. The van der Waals surface area contributed by atoms with Crippen LogP contribution in [0.3, 0.4) is 0 Å². The molecule has 0 radical (unpaired) electrons. The highest BCUT2D eigenvalue weighted by atomic mass is 32.1. The Labute approximate surface area is 161 Å². The van der Waals surface area contributed by atoms with Gasteiger partial charge < -0.3 is 0 Å². The molecule has 0 aliphatic carbocycles. The smallest absolute Gasteiger partial charge is 0.257 e. The van der Waals surface area contributed by atoms with E-state index in [-0.39, 0.29) is 5.91 Å². The van der Waals surface area contributed by atoms with E-state index in [9.17, 15) is 13.6 Å². The molecule has 0 unspecified atom stereocenters. The Hall–Kier alpha value is -3.53. The van der Waals surface area contributed by atoms with Gasteiger partial charge in [-0.25, -0.2) is 18.4 Å². The van der Waals surface area contributed by atoms with Crippen LogP contribution in [0.15, 0.2) is 48.8 Å². The first kappa shape index (κ1) is 17.9. The number of benzene rings is 2. The van der Waals surface area contributed by atoms with Crippen molar-refractivity contribution in [1.29, 1.82) is 0 Å². The van der Waals surface area contributed by atoms with Crippen molar-refractivity contribution in [2.24, 2.45) is 0 Å². The monoisotopic (exact) mass is 398 g/mol. The van der Waals surface area contributed by atoms with E-state index in [1.807, 2.05) is 0 Å². The van der Waals surface area contributed by atoms with Gasteiger partial charge in [0, 0.05) is 16.0 Å². The second-order valence-electron chi connectivity index (χ2n) is 5.81. The van der Waals surface area contributed by atoms with E-state index >= 15 is 0 Å². The van der Waals surface area contributed by atoms with Crippen molar-refractivity contribution in [3.8, 4) is 16.9 Å². The number of carbonyl (C=O) groups is 1. The molecule has 0 aliphatic rings. The third kappa shape index (κ3) is 3.49. The molecule has 0 atom stereocenters. The molecule has 2 aromatic heterocycles. The molecule has 1 amide bonds. The lowest BCUT2D eigenvalue weighted by atomic mass is 10.1. The number of aromatic nitrogens is 5. The number of tetrazole rings is 1. The number of halogens is 2. The highest BCUT2D eigenvalue weighted by Gasteiger charge is 2.15. The Morgan fingerprint density at radius 3 is 2.75 bits per heavy atom. The lowest BCUT2D eigenvalue weighted by Gasteiger charge is -2.04. The zero-order chi connectivity index (χ0) is 19.7. The molecular formula is C18H12F2N6OS. The fourth-order valence-corrected chi connectivity index (χ4v) is 3.43. The van der Waals surface area contributed by atoms with E-state index in [1.165, 1.54) is 28.4 Å². The molecule has 10 heteroatoms. The average Bonchev–Trinajstić information content (AvgIpc) is 3.34. The molecule has 0 aliphatic heterocycles. The number of thiazole rings is 1. The summed E-state index contributed by atoms with van der Waals surface area (Å²) in [5.74, 6) is -2.23. The highest BCUT2D eigenvalue weighted by molar-refractivity contribution is 7.16. The van der Waals surface area contributed by atoms with Gasteiger partial charge in [0.25, 0.3) is 5.91 Å². The van der Waals surface area contributed by atoms with Gasteiger partial charge in [0.05, 0.1) is 11.4 Å².